The zero-order chi connectivity index (χ0) is 11.3. The summed E-state index contributed by atoms with van der Waals surface area (Å²) in [6.07, 6.45) is 1.68. The molecule has 0 bridgehead atoms. The minimum absolute atomic E-state index is 0.426. The number of amides is 1. The zero-order valence-electron chi connectivity index (χ0n) is 7.81. The Hall–Kier alpha value is -2.30. The van der Waals surface area contributed by atoms with E-state index in [1.807, 2.05) is 0 Å². The number of carboxylic acid groups (broad SMARTS) is 1. The molecule has 5 nitrogen and oxygen atoms in total. The molecule has 0 fully saturated rings. The Balaban J connectivity index is 2.67. The number of aliphatic carboxylic acids is 1. The summed E-state index contributed by atoms with van der Waals surface area (Å²) in [4.78, 5) is 21.3. The van der Waals surface area contributed by atoms with Crippen LogP contribution in [0.4, 0.5) is 11.4 Å². The average Bonchev–Trinajstić information content (AvgIpc) is 2.18. The fourth-order valence-electron chi connectivity index (χ4n) is 0.932. The van der Waals surface area contributed by atoms with Crippen LogP contribution in [0.3, 0.4) is 0 Å². The van der Waals surface area contributed by atoms with Crippen molar-refractivity contribution >= 4 is 23.3 Å². The van der Waals surface area contributed by atoms with E-state index in [1.54, 1.807) is 24.3 Å². The lowest BCUT2D eigenvalue weighted by molar-refractivity contribution is -0.131. The molecule has 0 heterocycles. The van der Waals surface area contributed by atoms with Crippen LogP contribution in [0.5, 0.6) is 0 Å². The lowest BCUT2D eigenvalue weighted by Crippen LogP contribution is -2.10. The summed E-state index contributed by atoms with van der Waals surface area (Å²) < 4.78 is 0. The van der Waals surface area contributed by atoms with Crippen molar-refractivity contribution in [3.8, 4) is 0 Å². The van der Waals surface area contributed by atoms with Crippen molar-refractivity contribution in [2.75, 3.05) is 11.1 Å². The number of nitrogens with two attached hydrogens (primary N) is 1. The molecular formula is C10H10N2O3. The van der Waals surface area contributed by atoms with E-state index in [4.69, 9.17) is 10.8 Å². The number of carboxylic acids is 1. The highest BCUT2D eigenvalue weighted by Gasteiger charge is 2.01. The van der Waals surface area contributed by atoms with Crippen LogP contribution in [0.25, 0.3) is 0 Å². The second-order valence-electron chi connectivity index (χ2n) is 2.75. The van der Waals surface area contributed by atoms with Crippen LogP contribution in [0.15, 0.2) is 36.4 Å². The number of nitrogen functional groups attached to an aromatic ring is 1. The number of para-hydroxylation sites is 2. The van der Waals surface area contributed by atoms with Gasteiger partial charge in [-0.15, -0.1) is 0 Å². The molecule has 1 aromatic carbocycles. The number of hydrogen-bond acceptors (Lipinski definition) is 3. The number of benzene rings is 1. The van der Waals surface area contributed by atoms with Crippen molar-refractivity contribution in [1.82, 2.24) is 0 Å². The Kier molecular flexibility index (Phi) is 3.45. The Labute approximate surface area is 86.2 Å². The fraction of sp³-hybridized carbons (Fsp3) is 0. The normalized spacial score (nSPS) is 10.1. The lowest BCUT2D eigenvalue weighted by Gasteiger charge is -2.04. The van der Waals surface area contributed by atoms with Gasteiger partial charge in [-0.1, -0.05) is 12.1 Å². The molecule has 0 saturated carbocycles. The third-order valence-corrected chi connectivity index (χ3v) is 1.60. The smallest absolute Gasteiger partial charge is 0.328 e. The van der Waals surface area contributed by atoms with Crippen LogP contribution in [0, 0.1) is 0 Å². The van der Waals surface area contributed by atoms with Crippen molar-refractivity contribution in [3.63, 3.8) is 0 Å². The van der Waals surface area contributed by atoms with Gasteiger partial charge in [0, 0.05) is 12.2 Å². The Bertz CT molecular complexity index is 413. The maximum atomic E-state index is 11.2. The summed E-state index contributed by atoms with van der Waals surface area (Å²) in [6, 6.07) is 6.71. The second kappa shape index (κ2) is 4.80. The van der Waals surface area contributed by atoms with E-state index in [-0.39, 0.29) is 0 Å². The van der Waals surface area contributed by atoms with E-state index in [0.29, 0.717) is 11.4 Å². The van der Waals surface area contributed by atoms with E-state index in [1.165, 1.54) is 0 Å². The van der Waals surface area contributed by atoms with Crippen LogP contribution >= 0.6 is 0 Å². The van der Waals surface area contributed by atoms with Gasteiger partial charge < -0.3 is 16.2 Å². The zero-order valence-corrected chi connectivity index (χ0v) is 7.81. The molecule has 0 atom stereocenters. The Morgan fingerprint density at radius 1 is 1.27 bits per heavy atom. The maximum Gasteiger partial charge on any atom is 0.328 e. The molecule has 1 aromatic rings. The van der Waals surface area contributed by atoms with Crippen LogP contribution in [-0.4, -0.2) is 17.0 Å². The van der Waals surface area contributed by atoms with Gasteiger partial charge in [0.2, 0.25) is 5.91 Å². The average molecular weight is 206 g/mol. The second-order valence-corrected chi connectivity index (χ2v) is 2.75. The van der Waals surface area contributed by atoms with Crippen LogP contribution < -0.4 is 11.1 Å². The summed E-state index contributed by atoms with van der Waals surface area (Å²) in [7, 11) is 0. The van der Waals surface area contributed by atoms with Gasteiger partial charge in [-0.3, -0.25) is 4.79 Å². The lowest BCUT2D eigenvalue weighted by atomic mass is 10.2. The van der Waals surface area contributed by atoms with Crippen molar-refractivity contribution in [2.45, 2.75) is 0 Å². The predicted octanol–water partition coefficient (Wildman–Crippen LogP) is 0.848. The minimum atomic E-state index is -1.17. The summed E-state index contributed by atoms with van der Waals surface area (Å²) in [6.45, 7) is 0. The van der Waals surface area contributed by atoms with Gasteiger partial charge in [-0.25, -0.2) is 4.79 Å². The maximum absolute atomic E-state index is 11.2. The van der Waals surface area contributed by atoms with E-state index >= 15 is 0 Å². The molecule has 1 amide bonds. The fourth-order valence-corrected chi connectivity index (χ4v) is 0.932. The van der Waals surface area contributed by atoms with E-state index < -0.39 is 11.9 Å². The monoisotopic (exact) mass is 206 g/mol. The first-order valence-electron chi connectivity index (χ1n) is 4.16. The van der Waals surface area contributed by atoms with Gasteiger partial charge in [-0.05, 0) is 12.1 Å². The molecule has 5 heteroatoms. The summed E-state index contributed by atoms with van der Waals surface area (Å²) in [5.74, 6) is -1.71. The van der Waals surface area contributed by atoms with Crippen LogP contribution in [-0.2, 0) is 9.59 Å². The molecule has 0 aromatic heterocycles. The standard InChI is InChI=1S/C10H10N2O3/c11-7-3-1-2-4-8(7)12-9(13)5-6-10(14)15/h1-6H,11H2,(H,12,13)(H,14,15)/b6-5-. The van der Waals surface area contributed by atoms with Crippen LogP contribution in [0.1, 0.15) is 0 Å². The molecule has 4 N–H and O–H groups in total. The van der Waals surface area contributed by atoms with Gasteiger partial charge in [0.1, 0.15) is 0 Å². The quantitative estimate of drug-likeness (QED) is 0.505. The highest BCUT2D eigenvalue weighted by Crippen LogP contribution is 2.16. The topological polar surface area (TPSA) is 92.4 Å². The highest BCUT2D eigenvalue weighted by molar-refractivity contribution is 6.03. The van der Waals surface area contributed by atoms with Crippen molar-refractivity contribution in [1.29, 1.82) is 0 Å². The number of rotatable bonds is 3. The molecule has 0 unspecified atom stereocenters. The van der Waals surface area contributed by atoms with Gasteiger partial charge in [0.15, 0.2) is 0 Å². The summed E-state index contributed by atoms with van der Waals surface area (Å²) >= 11 is 0. The molecule has 0 aliphatic carbocycles. The van der Waals surface area contributed by atoms with E-state index in [0.717, 1.165) is 12.2 Å². The SMILES string of the molecule is Nc1ccccc1NC(=O)/C=C\C(=O)O. The molecule has 0 aliphatic heterocycles. The molecule has 78 valence electrons. The summed E-state index contributed by atoms with van der Waals surface area (Å²) in [5, 5.41) is 10.7. The van der Waals surface area contributed by atoms with E-state index in [9.17, 15) is 9.59 Å². The molecule has 0 saturated heterocycles. The number of anilines is 2. The van der Waals surface area contributed by atoms with Crippen molar-refractivity contribution in [3.05, 3.63) is 36.4 Å². The van der Waals surface area contributed by atoms with Gasteiger partial charge >= 0.3 is 5.97 Å². The Morgan fingerprint density at radius 2 is 1.93 bits per heavy atom. The van der Waals surface area contributed by atoms with E-state index in [2.05, 4.69) is 5.32 Å². The third kappa shape index (κ3) is 3.51. The number of hydrogen-bond donors (Lipinski definition) is 3. The van der Waals surface area contributed by atoms with Crippen molar-refractivity contribution < 1.29 is 14.7 Å². The molecule has 0 spiro atoms. The first-order valence-corrected chi connectivity index (χ1v) is 4.16. The molecule has 15 heavy (non-hydrogen) atoms. The Morgan fingerprint density at radius 3 is 2.53 bits per heavy atom. The molecule has 1 rings (SSSR count). The van der Waals surface area contributed by atoms with Gasteiger partial charge in [0.25, 0.3) is 0 Å². The molecular weight excluding hydrogens is 196 g/mol. The number of carbonyl (C=O) groups excluding carboxylic acids is 1. The van der Waals surface area contributed by atoms with Crippen LogP contribution in [0.2, 0.25) is 0 Å². The highest BCUT2D eigenvalue weighted by atomic mass is 16.4. The summed E-state index contributed by atoms with van der Waals surface area (Å²) in [5.41, 5.74) is 6.45. The molecule has 0 radical (unpaired) electrons. The predicted molar refractivity (Wildman–Crippen MR) is 56.3 cm³/mol. The van der Waals surface area contributed by atoms with Crippen molar-refractivity contribution in [2.24, 2.45) is 0 Å². The number of nitrogens with one attached hydrogen (secondary N) is 1. The van der Waals surface area contributed by atoms with Gasteiger partial charge in [0.05, 0.1) is 11.4 Å². The molecule has 0 aliphatic rings. The van der Waals surface area contributed by atoms with Gasteiger partial charge in [-0.2, -0.15) is 0 Å². The first-order chi connectivity index (χ1) is 7.09. The third-order valence-electron chi connectivity index (χ3n) is 1.60. The largest absolute Gasteiger partial charge is 0.478 e. The minimum Gasteiger partial charge on any atom is -0.478 e. The number of carbonyl (C=O) groups is 2. The first kappa shape index (κ1) is 10.8.